The van der Waals surface area contributed by atoms with E-state index in [0.29, 0.717) is 11.3 Å². The quantitative estimate of drug-likeness (QED) is 0.834. The Kier molecular flexibility index (Phi) is 6.32. The second-order valence-corrected chi connectivity index (χ2v) is 6.98. The zero-order valence-corrected chi connectivity index (χ0v) is 14.5. The van der Waals surface area contributed by atoms with Gasteiger partial charge in [-0.25, -0.2) is 9.78 Å². The van der Waals surface area contributed by atoms with Gasteiger partial charge in [0.15, 0.2) is 10.3 Å². The van der Waals surface area contributed by atoms with Gasteiger partial charge in [0.1, 0.15) is 11.6 Å². The van der Waals surface area contributed by atoms with E-state index < -0.39 is 34.9 Å². The Bertz CT molecular complexity index is 578. The summed E-state index contributed by atoms with van der Waals surface area (Å²) in [6.07, 6.45) is -0.389. The number of nitrogens with one attached hydrogen (secondary N) is 1. The zero-order chi connectivity index (χ0) is 16.5. The maximum absolute atomic E-state index is 12.9. The Hall–Kier alpha value is -1.45. The van der Waals surface area contributed by atoms with Crippen molar-refractivity contribution in [3.63, 3.8) is 0 Å². The summed E-state index contributed by atoms with van der Waals surface area (Å²) >= 11 is 0.688. The van der Waals surface area contributed by atoms with E-state index in [1.165, 1.54) is 4.90 Å². The Labute approximate surface area is 143 Å². The number of nitrogens with zero attached hydrogens (tertiary/aromatic N) is 2. The summed E-state index contributed by atoms with van der Waals surface area (Å²) < 4.78 is 18.1. The molecular formula is C13H19ClFN3O4S. The van der Waals surface area contributed by atoms with Crippen LogP contribution in [0.3, 0.4) is 0 Å². The molecule has 10 heteroatoms. The highest BCUT2D eigenvalue weighted by Gasteiger charge is 2.41. The third-order valence-corrected chi connectivity index (χ3v) is 3.62. The number of aliphatic hydroxyl groups excluding tert-OH is 1. The third kappa shape index (κ3) is 5.29. The number of hydrogen-bond donors (Lipinski definition) is 2. The van der Waals surface area contributed by atoms with E-state index in [4.69, 9.17) is 4.74 Å². The summed E-state index contributed by atoms with van der Waals surface area (Å²) in [6, 6.07) is -0.878. The number of ether oxygens (including phenoxy) is 1. The first-order valence-electron chi connectivity index (χ1n) is 6.75. The maximum Gasteiger partial charge on any atom is 0.411 e. The molecule has 2 rings (SSSR count). The minimum atomic E-state index is -0.878. The van der Waals surface area contributed by atoms with Gasteiger partial charge in [-0.2, -0.15) is 4.39 Å². The van der Waals surface area contributed by atoms with Crippen molar-refractivity contribution >= 4 is 40.9 Å². The number of amides is 2. The second kappa shape index (κ2) is 7.41. The monoisotopic (exact) mass is 367 g/mol. The lowest BCUT2D eigenvalue weighted by Gasteiger charge is -2.27. The Morgan fingerprint density at radius 2 is 2.17 bits per heavy atom. The molecular weight excluding hydrogens is 349 g/mol. The van der Waals surface area contributed by atoms with Gasteiger partial charge in [-0.05, 0) is 20.8 Å². The first-order chi connectivity index (χ1) is 10.2. The molecule has 1 aromatic rings. The predicted molar refractivity (Wildman–Crippen MR) is 85.3 cm³/mol. The van der Waals surface area contributed by atoms with Crippen LogP contribution >= 0.6 is 23.7 Å². The summed E-state index contributed by atoms with van der Waals surface area (Å²) in [7, 11) is 0. The van der Waals surface area contributed by atoms with Gasteiger partial charge >= 0.3 is 6.09 Å². The van der Waals surface area contributed by atoms with Crippen LogP contribution in [-0.2, 0) is 9.53 Å². The van der Waals surface area contributed by atoms with Crippen LogP contribution in [0, 0.1) is 5.13 Å². The number of rotatable bonds is 2. The zero-order valence-electron chi connectivity index (χ0n) is 12.9. The molecule has 0 saturated carbocycles. The van der Waals surface area contributed by atoms with E-state index in [1.807, 2.05) is 0 Å². The molecule has 1 aliphatic heterocycles. The molecule has 2 heterocycles. The van der Waals surface area contributed by atoms with Crippen molar-refractivity contribution in [1.82, 2.24) is 9.88 Å². The van der Waals surface area contributed by atoms with Crippen LogP contribution in [0.2, 0.25) is 0 Å². The van der Waals surface area contributed by atoms with Crippen molar-refractivity contribution in [3.05, 3.63) is 11.3 Å². The molecule has 1 saturated heterocycles. The molecule has 0 aromatic carbocycles. The summed E-state index contributed by atoms with van der Waals surface area (Å²) in [5.41, 5.74) is -0.704. The molecule has 2 N–H and O–H groups in total. The number of aromatic nitrogens is 1. The molecule has 0 bridgehead atoms. The molecule has 0 radical (unpaired) electrons. The lowest BCUT2D eigenvalue weighted by atomic mass is 10.2. The van der Waals surface area contributed by atoms with Crippen molar-refractivity contribution in [2.45, 2.75) is 44.9 Å². The molecule has 1 aliphatic rings. The van der Waals surface area contributed by atoms with E-state index in [2.05, 4.69) is 10.3 Å². The largest absolute Gasteiger partial charge is 0.444 e. The van der Waals surface area contributed by atoms with Gasteiger partial charge in [0.05, 0.1) is 18.8 Å². The topological polar surface area (TPSA) is 91.8 Å². The fourth-order valence-electron chi connectivity index (χ4n) is 2.09. The number of carbonyl (C=O) groups excluding carboxylic acids is 2. The molecule has 2 amide bonds. The summed E-state index contributed by atoms with van der Waals surface area (Å²) in [4.78, 5) is 29.2. The predicted octanol–water partition coefficient (Wildman–Crippen LogP) is 2.01. The van der Waals surface area contributed by atoms with Crippen molar-refractivity contribution in [1.29, 1.82) is 0 Å². The molecule has 2 atom stereocenters. The molecule has 23 heavy (non-hydrogen) atoms. The number of likely N-dealkylation sites (tertiary alicyclic amines) is 1. The van der Waals surface area contributed by atoms with Gasteiger partial charge in [-0.1, -0.05) is 11.3 Å². The molecule has 130 valence electrons. The summed E-state index contributed by atoms with van der Waals surface area (Å²) in [5, 5.41) is 11.8. The smallest absolute Gasteiger partial charge is 0.411 e. The van der Waals surface area contributed by atoms with Crippen molar-refractivity contribution in [2.75, 3.05) is 11.9 Å². The van der Waals surface area contributed by atoms with Gasteiger partial charge in [-0.3, -0.25) is 9.69 Å². The Morgan fingerprint density at radius 3 is 2.70 bits per heavy atom. The van der Waals surface area contributed by atoms with E-state index in [-0.39, 0.29) is 30.5 Å². The van der Waals surface area contributed by atoms with E-state index in [1.54, 1.807) is 20.8 Å². The number of anilines is 1. The van der Waals surface area contributed by atoms with Crippen LogP contribution < -0.4 is 5.32 Å². The van der Waals surface area contributed by atoms with E-state index >= 15 is 0 Å². The fraction of sp³-hybridized carbons (Fsp3) is 0.615. The Morgan fingerprint density at radius 1 is 1.52 bits per heavy atom. The summed E-state index contributed by atoms with van der Waals surface area (Å²) in [6.45, 7) is 5.15. The van der Waals surface area contributed by atoms with Crippen LogP contribution in [0.5, 0.6) is 0 Å². The van der Waals surface area contributed by atoms with E-state index in [0.717, 1.165) is 6.20 Å². The highest BCUT2D eigenvalue weighted by Crippen LogP contribution is 2.23. The number of hydrogen-bond acceptors (Lipinski definition) is 6. The van der Waals surface area contributed by atoms with Crippen molar-refractivity contribution in [3.8, 4) is 0 Å². The lowest BCUT2D eigenvalue weighted by molar-refractivity contribution is -0.120. The molecule has 0 spiro atoms. The molecule has 1 aromatic heterocycles. The average Bonchev–Trinajstić information content (AvgIpc) is 2.93. The third-order valence-electron chi connectivity index (χ3n) is 2.92. The highest BCUT2D eigenvalue weighted by molar-refractivity contribution is 7.14. The number of aliphatic hydroxyl groups is 1. The van der Waals surface area contributed by atoms with E-state index in [9.17, 15) is 19.1 Å². The molecule has 0 aliphatic carbocycles. The van der Waals surface area contributed by atoms with Gasteiger partial charge in [0.2, 0.25) is 5.91 Å². The van der Waals surface area contributed by atoms with Crippen LogP contribution in [0.1, 0.15) is 27.2 Å². The van der Waals surface area contributed by atoms with Crippen LogP contribution in [0.15, 0.2) is 6.20 Å². The maximum atomic E-state index is 12.9. The number of carbonyl (C=O) groups is 2. The molecule has 1 fully saturated rings. The van der Waals surface area contributed by atoms with Crippen LogP contribution in [0.4, 0.5) is 14.3 Å². The Balaban J connectivity index is 0.00000264. The normalized spacial score (nSPS) is 20.8. The number of thiazole rings is 1. The van der Waals surface area contributed by atoms with Crippen molar-refractivity contribution in [2.24, 2.45) is 0 Å². The standard InChI is InChI=1S/C13H18FN3O4S.ClH/c1-13(2,3)21-12(20)17-6-7(18)4-8(17)10(19)16-11-15-5-9(14)22-11;/h5,7-8,18H,4,6H2,1-3H3,(H,15,16,19);1H. The SMILES string of the molecule is CC(C)(C)OC(=O)N1CC(O)CC1C(=O)Nc1ncc(F)s1.Cl. The first kappa shape index (κ1) is 19.6. The second-order valence-electron chi connectivity index (χ2n) is 6.00. The van der Waals surface area contributed by atoms with Gasteiger partial charge < -0.3 is 15.2 Å². The first-order valence-corrected chi connectivity index (χ1v) is 7.57. The number of halogens is 2. The van der Waals surface area contributed by atoms with Crippen molar-refractivity contribution < 1.29 is 23.8 Å². The van der Waals surface area contributed by atoms with Gasteiger partial charge in [-0.15, -0.1) is 12.4 Å². The average molecular weight is 368 g/mol. The van der Waals surface area contributed by atoms with Crippen LogP contribution in [-0.4, -0.2) is 51.3 Å². The van der Waals surface area contributed by atoms with Gasteiger partial charge in [0.25, 0.3) is 0 Å². The minimum absolute atomic E-state index is 0. The minimum Gasteiger partial charge on any atom is -0.444 e. The van der Waals surface area contributed by atoms with Crippen LogP contribution in [0.25, 0.3) is 0 Å². The lowest BCUT2D eigenvalue weighted by Crippen LogP contribution is -2.45. The highest BCUT2D eigenvalue weighted by atomic mass is 35.5. The summed E-state index contributed by atoms with van der Waals surface area (Å²) in [5.74, 6) is -0.531. The number of β-amino-alcohol motifs (C(OH)–C–C–N with tert-alkyl or cyclic N) is 1. The molecule has 2 unspecified atom stereocenters. The van der Waals surface area contributed by atoms with Gasteiger partial charge in [0, 0.05) is 6.42 Å². The fourth-order valence-corrected chi connectivity index (χ4v) is 2.63. The molecule has 7 nitrogen and oxygen atoms in total.